The molecule has 4 nitrogen and oxygen atoms in total. The molecule has 0 atom stereocenters. The lowest BCUT2D eigenvalue weighted by Gasteiger charge is -2.16. The van der Waals surface area contributed by atoms with Crippen LogP contribution in [0.15, 0.2) is 18.5 Å². The zero-order chi connectivity index (χ0) is 10.9. The molecule has 0 aliphatic rings. The Labute approximate surface area is 92.3 Å². The van der Waals surface area contributed by atoms with Gasteiger partial charge in [0.2, 0.25) is 0 Å². The van der Waals surface area contributed by atoms with Crippen LogP contribution in [0.3, 0.4) is 0 Å². The van der Waals surface area contributed by atoms with Gasteiger partial charge in [0.1, 0.15) is 0 Å². The van der Waals surface area contributed by atoms with E-state index in [9.17, 15) is 0 Å². The van der Waals surface area contributed by atoms with Crippen molar-refractivity contribution in [2.24, 2.45) is 0 Å². The van der Waals surface area contributed by atoms with Crippen molar-refractivity contribution in [3.63, 3.8) is 0 Å². The summed E-state index contributed by atoms with van der Waals surface area (Å²) in [5, 5.41) is 7.57. The van der Waals surface area contributed by atoms with E-state index in [2.05, 4.69) is 29.3 Å². The summed E-state index contributed by atoms with van der Waals surface area (Å²) in [6.07, 6.45) is 5.03. The van der Waals surface area contributed by atoms with Crippen LogP contribution >= 0.6 is 0 Å². The summed E-state index contributed by atoms with van der Waals surface area (Å²) in [6.45, 7) is 7.50. The van der Waals surface area contributed by atoms with E-state index in [4.69, 9.17) is 0 Å². The molecule has 1 rings (SSSR count). The maximum absolute atomic E-state index is 4.17. The smallest absolute Gasteiger partial charge is 0.0536 e. The standard InChI is InChI=1S/C11H22N4/c1-3-5-12-7-9-14(2)10-11-15-8-4-6-13-15/h4,6,8,12H,3,5,7,9-11H2,1-2H3. The lowest BCUT2D eigenvalue weighted by molar-refractivity contribution is 0.311. The Morgan fingerprint density at radius 2 is 2.20 bits per heavy atom. The van der Waals surface area contributed by atoms with Gasteiger partial charge in [-0.15, -0.1) is 0 Å². The van der Waals surface area contributed by atoms with Crippen LogP contribution in [-0.4, -0.2) is 47.9 Å². The molecular formula is C11H22N4. The zero-order valence-electron chi connectivity index (χ0n) is 9.82. The first-order valence-electron chi connectivity index (χ1n) is 5.69. The topological polar surface area (TPSA) is 33.1 Å². The van der Waals surface area contributed by atoms with Crippen LogP contribution in [0.2, 0.25) is 0 Å². The van der Waals surface area contributed by atoms with Crippen LogP contribution in [-0.2, 0) is 6.54 Å². The predicted octanol–water partition coefficient (Wildman–Crippen LogP) is 0.814. The Hall–Kier alpha value is -0.870. The van der Waals surface area contributed by atoms with Crippen molar-refractivity contribution in [1.82, 2.24) is 20.0 Å². The van der Waals surface area contributed by atoms with Crippen LogP contribution in [0.1, 0.15) is 13.3 Å². The molecule has 0 saturated carbocycles. The lowest BCUT2D eigenvalue weighted by atomic mass is 10.4. The second kappa shape index (κ2) is 7.43. The van der Waals surface area contributed by atoms with Gasteiger partial charge in [0.15, 0.2) is 0 Å². The first kappa shape index (κ1) is 12.2. The predicted molar refractivity (Wildman–Crippen MR) is 62.9 cm³/mol. The molecule has 4 heteroatoms. The second-order valence-electron chi connectivity index (χ2n) is 3.82. The SMILES string of the molecule is CCCNCCN(C)CCn1cccn1. The van der Waals surface area contributed by atoms with E-state index in [0.29, 0.717) is 0 Å². The number of aromatic nitrogens is 2. The Morgan fingerprint density at radius 1 is 1.33 bits per heavy atom. The molecule has 0 aromatic carbocycles. The van der Waals surface area contributed by atoms with E-state index in [-0.39, 0.29) is 0 Å². The number of nitrogens with one attached hydrogen (secondary N) is 1. The van der Waals surface area contributed by atoms with Gasteiger partial charge in [0.25, 0.3) is 0 Å². The molecule has 0 saturated heterocycles. The van der Waals surface area contributed by atoms with Crippen molar-refractivity contribution >= 4 is 0 Å². The van der Waals surface area contributed by atoms with Gasteiger partial charge in [-0.3, -0.25) is 4.68 Å². The van der Waals surface area contributed by atoms with Gasteiger partial charge in [-0.25, -0.2) is 0 Å². The number of hydrogen-bond donors (Lipinski definition) is 1. The van der Waals surface area contributed by atoms with Crippen molar-refractivity contribution in [3.8, 4) is 0 Å². The summed E-state index contributed by atoms with van der Waals surface area (Å²) in [7, 11) is 2.15. The molecular weight excluding hydrogens is 188 g/mol. The zero-order valence-corrected chi connectivity index (χ0v) is 9.82. The van der Waals surface area contributed by atoms with Gasteiger partial charge >= 0.3 is 0 Å². The van der Waals surface area contributed by atoms with E-state index in [1.54, 1.807) is 0 Å². The molecule has 0 amide bonds. The third-order valence-electron chi connectivity index (χ3n) is 2.37. The second-order valence-corrected chi connectivity index (χ2v) is 3.82. The van der Waals surface area contributed by atoms with Crippen molar-refractivity contribution in [2.45, 2.75) is 19.9 Å². The van der Waals surface area contributed by atoms with Crippen molar-refractivity contribution in [1.29, 1.82) is 0 Å². The molecule has 0 aliphatic carbocycles. The maximum atomic E-state index is 4.17. The van der Waals surface area contributed by atoms with Gasteiger partial charge in [-0.2, -0.15) is 5.10 Å². The number of nitrogens with zero attached hydrogens (tertiary/aromatic N) is 3. The summed E-state index contributed by atoms with van der Waals surface area (Å²) in [4.78, 5) is 2.32. The monoisotopic (exact) mass is 210 g/mol. The first-order chi connectivity index (χ1) is 7.33. The van der Waals surface area contributed by atoms with Gasteiger partial charge in [-0.1, -0.05) is 6.92 Å². The van der Waals surface area contributed by atoms with Gasteiger partial charge < -0.3 is 10.2 Å². The Balaban J connectivity index is 2.01. The molecule has 0 unspecified atom stereocenters. The summed E-state index contributed by atoms with van der Waals surface area (Å²) >= 11 is 0. The summed E-state index contributed by atoms with van der Waals surface area (Å²) < 4.78 is 1.97. The van der Waals surface area contributed by atoms with Crippen LogP contribution in [0.4, 0.5) is 0 Å². The molecule has 1 aromatic rings. The molecule has 0 bridgehead atoms. The minimum Gasteiger partial charge on any atom is -0.315 e. The van der Waals surface area contributed by atoms with Gasteiger partial charge in [-0.05, 0) is 26.1 Å². The average molecular weight is 210 g/mol. The van der Waals surface area contributed by atoms with E-state index >= 15 is 0 Å². The molecule has 0 spiro atoms. The Kier molecular flexibility index (Phi) is 6.04. The number of likely N-dealkylation sites (N-methyl/N-ethyl adjacent to an activating group) is 1. The third-order valence-corrected chi connectivity index (χ3v) is 2.37. The Bertz CT molecular complexity index is 233. The minimum atomic E-state index is 0.970. The molecule has 1 heterocycles. The fourth-order valence-corrected chi connectivity index (χ4v) is 1.39. The van der Waals surface area contributed by atoms with Crippen LogP contribution in [0.5, 0.6) is 0 Å². The molecule has 1 aromatic heterocycles. The summed E-state index contributed by atoms with van der Waals surface area (Å²) in [5.74, 6) is 0. The lowest BCUT2D eigenvalue weighted by Crippen LogP contribution is -2.31. The highest BCUT2D eigenvalue weighted by Crippen LogP contribution is 1.87. The van der Waals surface area contributed by atoms with Crippen LogP contribution in [0.25, 0.3) is 0 Å². The fourth-order valence-electron chi connectivity index (χ4n) is 1.39. The largest absolute Gasteiger partial charge is 0.315 e. The molecule has 15 heavy (non-hydrogen) atoms. The normalized spacial score (nSPS) is 11.1. The molecule has 0 aliphatic heterocycles. The van der Waals surface area contributed by atoms with E-state index in [1.807, 2.05) is 23.1 Å². The first-order valence-corrected chi connectivity index (χ1v) is 5.69. The Morgan fingerprint density at radius 3 is 2.87 bits per heavy atom. The number of hydrogen-bond acceptors (Lipinski definition) is 3. The van der Waals surface area contributed by atoms with Crippen molar-refractivity contribution < 1.29 is 0 Å². The molecule has 1 N–H and O–H groups in total. The summed E-state index contributed by atoms with van der Waals surface area (Å²) in [5.41, 5.74) is 0. The van der Waals surface area contributed by atoms with Crippen molar-refractivity contribution in [2.75, 3.05) is 33.2 Å². The third kappa shape index (κ3) is 5.54. The average Bonchev–Trinajstić information content (AvgIpc) is 2.74. The van der Waals surface area contributed by atoms with Gasteiger partial charge in [0, 0.05) is 32.0 Å². The van der Waals surface area contributed by atoms with Crippen LogP contribution < -0.4 is 5.32 Å². The van der Waals surface area contributed by atoms with E-state index in [0.717, 1.165) is 32.7 Å². The number of rotatable bonds is 8. The highest BCUT2D eigenvalue weighted by Gasteiger charge is 1.98. The fraction of sp³-hybridized carbons (Fsp3) is 0.727. The van der Waals surface area contributed by atoms with Crippen molar-refractivity contribution in [3.05, 3.63) is 18.5 Å². The quantitative estimate of drug-likeness (QED) is 0.645. The molecule has 0 fully saturated rings. The van der Waals surface area contributed by atoms with Crippen LogP contribution in [0, 0.1) is 0 Å². The maximum Gasteiger partial charge on any atom is 0.0536 e. The highest BCUT2D eigenvalue weighted by atomic mass is 15.3. The molecule has 86 valence electrons. The summed E-state index contributed by atoms with van der Waals surface area (Å²) in [6, 6.07) is 1.96. The highest BCUT2D eigenvalue weighted by molar-refractivity contribution is 4.77. The van der Waals surface area contributed by atoms with Gasteiger partial charge in [0.05, 0.1) is 6.54 Å². The molecule has 0 radical (unpaired) electrons. The van der Waals surface area contributed by atoms with E-state index in [1.165, 1.54) is 6.42 Å². The minimum absolute atomic E-state index is 0.970. The van der Waals surface area contributed by atoms with E-state index < -0.39 is 0 Å².